The fourth-order valence-corrected chi connectivity index (χ4v) is 3.35. The summed E-state index contributed by atoms with van der Waals surface area (Å²) in [5, 5.41) is 10.6. The molecule has 0 unspecified atom stereocenters. The number of rotatable bonds is 2. The summed E-state index contributed by atoms with van der Waals surface area (Å²) in [5.41, 5.74) is 3.49. The van der Waals surface area contributed by atoms with E-state index < -0.39 is 0 Å². The van der Waals surface area contributed by atoms with Gasteiger partial charge in [-0.1, -0.05) is 13.0 Å². The summed E-state index contributed by atoms with van der Waals surface area (Å²) in [4.78, 5) is 4.72. The molecule has 0 bridgehead atoms. The summed E-state index contributed by atoms with van der Waals surface area (Å²) >= 11 is 1.79. The average Bonchev–Trinajstić information content (AvgIpc) is 2.86. The first-order valence-corrected chi connectivity index (χ1v) is 6.45. The van der Waals surface area contributed by atoms with E-state index >= 15 is 0 Å². The van der Waals surface area contributed by atoms with Crippen LogP contribution in [0.5, 0.6) is 0 Å². The molecule has 1 saturated carbocycles. The van der Waals surface area contributed by atoms with Crippen molar-refractivity contribution < 1.29 is 5.11 Å². The normalized spacial score (nSPS) is 17.9. The van der Waals surface area contributed by atoms with E-state index in [1.54, 1.807) is 11.3 Å². The molecule has 1 fully saturated rings. The first-order chi connectivity index (χ1) is 7.62. The van der Waals surface area contributed by atoms with Crippen LogP contribution in [0, 0.1) is 6.92 Å². The van der Waals surface area contributed by atoms with Crippen LogP contribution in [0.25, 0.3) is 10.2 Å². The summed E-state index contributed by atoms with van der Waals surface area (Å²) in [7, 11) is 0. The Kier molecular flexibility index (Phi) is 2.10. The Morgan fingerprint density at radius 2 is 2.19 bits per heavy atom. The first kappa shape index (κ1) is 10.2. The van der Waals surface area contributed by atoms with E-state index in [9.17, 15) is 5.11 Å². The zero-order valence-electron chi connectivity index (χ0n) is 9.58. The zero-order chi connectivity index (χ0) is 11.3. The van der Waals surface area contributed by atoms with Crippen LogP contribution in [0.4, 0.5) is 0 Å². The summed E-state index contributed by atoms with van der Waals surface area (Å²) in [6, 6.07) is 4.20. The minimum Gasteiger partial charge on any atom is -0.392 e. The van der Waals surface area contributed by atoms with Crippen molar-refractivity contribution in [3.8, 4) is 0 Å². The molecule has 1 aliphatic rings. The van der Waals surface area contributed by atoms with Crippen LogP contribution >= 0.6 is 11.3 Å². The molecule has 2 aromatic rings. The van der Waals surface area contributed by atoms with Crippen molar-refractivity contribution in [3.63, 3.8) is 0 Å². The predicted octanol–water partition coefficient (Wildman–Crippen LogP) is 3.15. The van der Waals surface area contributed by atoms with E-state index in [0.717, 1.165) is 11.1 Å². The second kappa shape index (κ2) is 3.28. The maximum Gasteiger partial charge on any atom is 0.0997 e. The van der Waals surface area contributed by atoms with Crippen LogP contribution in [0.15, 0.2) is 12.1 Å². The van der Waals surface area contributed by atoms with Gasteiger partial charge in [0.1, 0.15) is 0 Å². The van der Waals surface area contributed by atoms with E-state index in [-0.39, 0.29) is 6.61 Å². The average molecular weight is 233 g/mol. The van der Waals surface area contributed by atoms with Crippen molar-refractivity contribution in [1.29, 1.82) is 0 Å². The third-order valence-corrected chi connectivity index (χ3v) is 4.71. The van der Waals surface area contributed by atoms with Crippen LogP contribution in [-0.4, -0.2) is 10.1 Å². The van der Waals surface area contributed by atoms with Gasteiger partial charge in [-0.25, -0.2) is 4.98 Å². The fraction of sp³-hybridized carbons (Fsp3) is 0.462. The van der Waals surface area contributed by atoms with Crippen LogP contribution in [0.3, 0.4) is 0 Å². The Morgan fingerprint density at radius 1 is 1.44 bits per heavy atom. The molecule has 0 aliphatic heterocycles. The molecule has 16 heavy (non-hydrogen) atoms. The molecule has 3 rings (SSSR count). The van der Waals surface area contributed by atoms with Crippen LogP contribution in [0.2, 0.25) is 0 Å². The van der Waals surface area contributed by atoms with Crippen molar-refractivity contribution in [3.05, 3.63) is 28.3 Å². The highest BCUT2D eigenvalue weighted by molar-refractivity contribution is 7.18. The lowest BCUT2D eigenvalue weighted by atomic mass is 10.1. The Labute approximate surface area is 99.0 Å². The molecule has 3 heteroatoms. The molecular formula is C13H15NOS. The summed E-state index contributed by atoms with van der Waals surface area (Å²) in [5.74, 6) is 0. The lowest BCUT2D eigenvalue weighted by Gasteiger charge is -2.00. The summed E-state index contributed by atoms with van der Waals surface area (Å²) in [6.07, 6.45) is 2.50. The van der Waals surface area contributed by atoms with Crippen molar-refractivity contribution in [2.24, 2.45) is 0 Å². The number of nitrogens with zero attached hydrogens (tertiary/aromatic N) is 1. The summed E-state index contributed by atoms with van der Waals surface area (Å²) in [6.45, 7) is 4.42. The number of aryl methyl sites for hydroxylation is 1. The lowest BCUT2D eigenvalue weighted by molar-refractivity contribution is 0.283. The number of aliphatic hydroxyl groups is 1. The van der Waals surface area contributed by atoms with Gasteiger partial charge in [-0.3, -0.25) is 0 Å². The quantitative estimate of drug-likeness (QED) is 0.864. The van der Waals surface area contributed by atoms with E-state index in [1.165, 1.54) is 28.1 Å². The molecule has 1 aromatic heterocycles. The van der Waals surface area contributed by atoms with E-state index in [2.05, 4.69) is 19.9 Å². The van der Waals surface area contributed by atoms with E-state index in [0.29, 0.717) is 5.41 Å². The van der Waals surface area contributed by atoms with Gasteiger partial charge in [-0.2, -0.15) is 0 Å². The molecule has 2 nitrogen and oxygen atoms in total. The van der Waals surface area contributed by atoms with Gasteiger partial charge < -0.3 is 5.11 Å². The molecule has 1 heterocycles. The van der Waals surface area contributed by atoms with Crippen molar-refractivity contribution in [1.82, 2.24) is 4.98 Å². The highest BCUT2D eigenvalue weighted by atomic mass is 32.1. The van der Waals surface area contributed by atoms with Crippen LogP contribution in [0.1, 0.15) is 35.9 Å². The van der Waals surface area contributed by atoms with E-state index in [4.69, 9.17) is 4.98 Å². The second-order valence-corrected chi connectivity index (χ2v) is 6.04. The molecule has 1 aliphatic carbocycles. The maximum atomic E-state index is 9.35. The number of hydrogen-bond donors (Lipinski definition) is 1. The number of hydrogen-bond acceptors (Lipinski definition) is 3. The van der Waals surface area contributed by atoms with Gasteiger partial charge in [0.15, 0.2) is 0 Å². The van der Waals surface area contributed by atoms with Crippen molar-refractivity contribution in [2.45, 2.75) is 38.7 Å². The predicted molar refractivity (Wildman–Crippen MR) is 66.9 cm³/mol. The minimum absolute atomic E-state index is 0.0814. The molecule has 1 N–H and O–H groups in total. The van der Waals surface area contributed by atoms with Gasteiger partial charge in [-0.05, 0) is 31.4 Å². The Hall–Kier alpha value is -0.930. The monoisotopic (exact) mass is 233 g/mol. The van der Waals surface area contributed by atoms with Gasteiger partial charge >= 0.3 is 0 Å². The molecule has 1 aromatic carbocycles. The van der Waals surface area contributed by atoms with Gasteiger partial charge in [0.2, 0.25) is 0 Å². The molecule has 0 radical (unpaired) electrons. The highest BCUT2D eigenvalue weighted by Gasteiger charge is 2.42. The van der Waals surface area contributed by atoms with Crippen LogP contribution in [-0.2, 0) is 12.0 Å². The first-order valence-electron chi connectivity index (χ1n) is 5.64. The lowest BCUT2D eigenvalue weighted by Crippen LogP contribution is -1.97. The zero-order valence-corrected chi connectivity index (χ0v) is 10.4. The molecule has 0 atom stereocenters. The highest BCUT2D eigenvalue weighted by Crippen LogP contribution is 2.50. The smallest absolute Gasteiger partial charge is 0.0997 e. The summed E-state index contributed by atoms with van der Waals surface area (Å²) < 4.78 is 1.21. The third-order valence-electron chi connectivity index (χ3n) is 3.40. The Bertz CT molecular complexity index is 554. The third kappa shape index (κ3) is 1.46. The Balaban J connectivity index is 2.23. The van der Waals surface area contributed by atoms with E-state index in [1.807, 2.05) is 6.07 Å². The molecule has 84 valence electrons. The van der Waals surface area contributed by atoms with Gasteiger partial charge in [0, 0.05) is 11.0 Å². The number of aromatic nitrogens is 1. The molecule has 0 amide bonds. The van der Waals surface area contributed by atoms with Crippen LogP contribution < -0.4 is 0 Å². The number of benzene rings is 1. The van der Waals surface area contributed by atoms with Gasteiger partial charge in [0.25, 0.3) is 0 Å². The molecular weight excluding hydrogens is 218 g/mol. The topological polar surface area (TPSA) is 33.1 Å². The SMILES string of the molecule is Cc1cc(CO)c2nc(C3(C)CC3)sc2c1. The number of fused-ring (bicyclic) bond motifs is 1. The van der Waals surface area contributed by atoms with Crippen molar-refractivity contribution >= 4 is 21.6 Å². The largest absolute Gasteiger partial charge is 0.392 e. The molecule has 0 saturated heterocycles. The number of thiazole rings is 1. The fourth-order valence-electron chi connectivity index (χ4n) is 2.03. The van der Waals surface area contributed by atoms with Gasteiger partial charge in [0.05, 0.1) is 21.8 Å². The maximum absolute atomic E-state index is 9.35. The standard InChI is InChI=1S/C13H15NOS/c1-8-5-9(7-15)11-10(6-8)16-12(14-11)13(2)3-4-13/h5-6,15H,3-4,7H2,1-2H3. The molecule has 0 spiro atoms. The van der Waals surface area contributed by atoms with Gasteiger partial charge in [-0.15, -0.1) is 11.3 Å². The minimum atomic E-state index is 0.0814. The van der Waals surface area contributed by atoms with Crippen molar-refractivity contribution in [2.75, 3.05) is 0 Å². The Morgan fingerprint density at radius 3 is 2.81 bits per heavy atom. The second-order valence-electron chi connectivity index (χ2n) is 5.01. The number of aliphatic hydroxyl groups excluding tert-OH is 1.